The number of nitrogens with zero attached hydrogens (tertiary/aromatic N) is 2. The van der Waals surface area contributed by atoms with Crippen LogP contribution in [0.2, 0.25) is 0 Å². The molecule has 3 nitrogen and oxygen atoms in total. The van der Waals surface area contributed by atoms with Gasteiger partial charge in [-0.3, -0.25) is 4.79 Å². The van der Waals surface area contributed by atoms with E-state index < -0.39 is 0 Å². The minimum absolute atomic E-state index is 0.186. The number of hydrogen-bond donors (Lipinski definition) is 0. The molecule has 0 bridgehead atoms. The molecule has 22 heavy (non-hydrogen) atoms. The van der Waals surface area contributed by atoms with Crippen LogP contribution >= 0.6 is 0 Å². The molecule has 2 aliphatic rings. The van der Waals surface area contributed by atoms with Gasteiger partial charge >= 0.3 is 0 Å². The molecule has 0 aromatic heterocycles. The standard InChI is InChI=1S/C18H25FN2O/c1-20-12-4-8-16(20)17-9-5-13-21(17)18(22)11-10-14-6-2-3-7-15(14)19/h2-3,6-7,16-17H,4-5,8-13H2,1H3/t16-,17+/m0/s1. The second kappa shape index (κ2) is 6.78. The van der Waals surface area contributed by atoms with Crippen LogP contribution in [0.15, 0.2) is 24.3 Å². The first-order chi connectivity index (χ1) is 10.7. The Morgan fingerprint density at radius 2 is 1.91 bits per heavy atom. The van der Waals surface area contributed by atoms with Crippen LogP contribution in [0, 0.1) is 5.82 Å². The number of likely N-dealkylation sites (N-methyl/N-ethyl adjacent to an activating group) is 1. The van der Waals surface area contributed by atoms with Crippen LogP contribution < -0.4 is 0 Å². The Morgan fingerprint density at radius 3 is 2.64 bits per heavy atom. The van der Waals surface area contributed by atoms with E-state index in [1.807, 2.05) is 6.07 Å². The third-order valence-corrected chi connectivity index (χ3v) is 5.21. The lowest BCUT2D eigenvalue weighted by Crippen LogP contribution is -2.47. The SMILES string of the molecule is CN1CCC[C@H]1[C@H]1CCCN1C(=O)CCc1ccccc1F. The van der Waals surface area contributed by atoms with E-state index in [0.717, 1.165) is 25.9 Å². The molecule has 0 radical (unpaired) electrons. The van der Waals surface area contributed by atoms with Crippen LogP contribution in [0.5, 0.6) is 0 Å². The minimum atomic E-state index is -0.205. The van der Waals surface area contributed by atoms with Crippen LogP contribution in [-0.4, -0.2) is 47.9 Å². The van der Waals surface area contributed by atoms with Crippen molar-refractivity contribution in [2.45, 2.75) is 50.6 Å². The largest absolute Gasteiger partial charge is 0.338 e. The van der Waals surface area contributed by atoms with Crippen molar-refractivity contribution in [3.63, 3.8) is 0 Å². The van der Waals surface area contributed by atoms with Crippen LogP contribution in [-0.2, 0) is 11.2 Å². The highest BCUT2D eigenvalue weighted by atomic mass is 19.1. The third-order valence-electron chi connectivity index (χ3n) is 5.21. The Bertz CT molecular complexity index is 534. The van der Waals surface area contributed by atoms with Crippen molar-refractivity contribution < 1.29 is 9.18 Å². The number of carbonyl (C=O) groups is 1. The van der Waals surface area contributed by atoms with Gasteiger partial charge < -0.3 is 9.80 Å². The smallest absolute Gasteiger partial charge is 0.223 e. The molecule has 0 spiro atoms. The monoisotopic (exact) mass is 304 g/mol. The summed E-state index contributed by atoms with van der Waals surface area (Å²) in [5, 5.41) is 0. The summed E-state index contributed by atoms with van der Waals surface area (Å²) in [6.07, 6.45) is 5.54. The summed E-state index contributed by atoms with van der Waals surface area (Å²) in [4.78, 5) is 17.0. The van der Waals surface area contributed by atoms with E-state index >= 15 is 0 Å². The summed E-state index contributed by atoms with van der Waals surface area (Å²) in [6.45, 7) is 2.00. The first-order valence-electron chi connectivity index (χ1n) is 8.40. The lowest BCUT2D eigenvalue weighted by Gasteiger charge is -2.33. The van der Waals surface area contributed by atoms with Crippen LogP contribution in [0.4, 0.5) is 4.39 Å². The van der Waals surface area contributed by atoms with Crippen molar-refractivity contribution in [3.8, 4) is 0 Å². The highest BCUT2D eigenvalue weighted by Crippen LogP contribution is 2.29. The van der Waals surface area contributed by atoms with Gasteiger partial charge in [-0.1, -0.05) is 18.2 Å². The second-order valence-corrected chi connectivity index (χ2v) is 6.58. The van der Waals surface area contributed by atoms with Gasteiger partial charge in [0.25, 0.3) is 0 Å². The van der Waals surface area contributed by atoms with Crippen molar-refractivity contribution in [2.75, 3.05) is 20.1 Å². The predicted octanol–water partition coefficient (Wildman–Crippen LogP) is 2.84. The molecule has 120 valence electrons. The number of rotatable bonds is 4. The summed E-state index contributed by atoms with van der Waals surface area (Å²) >= 11 is 0. The van der Waals surface area contributed by atoms with Gasteiger partial charge in [-0.15, -0.1) is 0 Å². The molecule has 0 unspecified atom stereocenters. The van der Waals surface area contributed by atoms with Gasteiger partial charge in [-0.25, -0.2) is 4.39 Å². The van der Waals surface area contributed by atoms with E-state index in [1.54, 1.807) is 12.1 Å². The van der Waals surface area contributed by atoms with Crippen molar-refractivity contribution in [1.29, 1.82) is 0 Å². The Labute approximate surface area is 132 Å². The van der Waals surface area contributed by atoms with Crippen molar-refractivity contribution >= 4 is 5.91 Å². The topological polar surface area (TPSA) is 23.6 Å². The van der Waals surface area contributed by atoms with E-state index in [4.69, 9.17) is 0 Å². The summed E-state index contributed by atoms with van der Waals surface area (Å²) in [7, 11) is 2.16. The average Bonchev–Trinajstić information content (AvgIpc) is 3.14. The molecular weight excluding hydrogens is 279 g/mol. The van der Waals surface area contributed by atoms with Gasteiger partial charge in [0.15, 0.2) is 0 Å². The highest BCUT2D eigenvalue weighted by molar-refractivity contribution is 5.77. The Morgan fingerprint density at radius 1 is 1.18 bits per heavy atom. The molecular formula is C18H25FN2O. The summed E-state index contributed by atoms with van der Waals surface area (Å²) < 4.78 is 13.7. The molecule has 2 heterocycles. The molecule has 3 rings (SSSR count). The molecule has 4 heteroatoms. The lowest BCUT2D eigenvalue weighted by atomic mass is 10.0. The summed E-state index contributed by atoms with van der Waals surface area (Å²) in [6, 6.07) is 7.63. The number of benzene rings is 1. The van der Waals surface area contributed by atoms with E-state index in [-0.39, 0.29) is 11.7 Å². The van der Waals surface area contributed by atoms with E-state index in [2.05, 4.69) is 16.8 Å². The molecule has 0 aliphatic carbocycles. The fourth-order valence-corrected chi connectivity index (χ4v) is 4.01. The number of halogens is 1. The fraction of sp³-hybridized carbons (Fsp3) is 0.611. The minimum Gasteiger partial charge on any atom is -0.338 e. The van der Waals surface area contributed by atoms with Gasteiger partial charge in [0.2, 0.25) is 5.91 Å². The zero-order valence-electron chi connectivity index (χ0n) is 13.3. The molecule has 2 fully saturated rings. The van der Waals surface area contributed by atoms with Crippen LogP contribution in [0.25, 0.3) is 0 Å². The maximum absolute atomic E-state index is 13.7. The van der Waals surface area contributed by atoms with Crippen molar-refractivity contribution in [1.82, 2.24) is 9.80 Å². The van der Waals surface area contributed by atoms with Crippen LogP contribution in [0.3, 0.4) is 0 Å². The Balaban J connectivity index is 1.60. The number of likely N-dealkylation sites (tertiary alicyclic amines) is 2. The Kier molecular flexibility index (Phi) is 4.77. The fourth-order valence-electron chi connectivity index (χ4n) is 4.01. The third kappa shape index (κ3) is 3.17. The molecule has 0 saturated carbocycles. The molecule has 1 amide bonds. The van der Waals surface area contributed by atoms with Gasteiger partial charge in [0.1, 0.15) is 5.82 Å². The quantitative estimate of drug-likeness (QED) is 0.854. The number of amides is 1. The molecule has 2 atom stereocenters. The first kappa shape index (κ1) is 15.5. The maximum Gasteiger partial charge on any atom is 0.223 e. The van der Waals surface area contributed by atoms with E-state index in [1.165, 1.54) is 18.9 Å². The van der Waals surface area contributed by atoms with Gasteiger partial charge in [0, 0.05) is 25.0 Å². The lowest BCUT2D eigenvalue weighted by molar-refractivity contribution is -0.132. The second-order valence-electron chi connectivity index (χ2n) is 6.58. The molecule has 2 saturated heterocycles. The summed E-state index contributed by atoms with van der Waals surface area (Å²) in [5.74, 6) is -0.0187. The van der Waals surface area contributed by atoms with Crippen molar-refractivity contribution in [3.05, 3.63) is 35.6 Å². The zero-order valence-corrected chi connectivity index (χ0v) is 13.3. The predicted molar refractivity (Wildman–Crippen MR) is 85.1 cm³/mol. The Hall–Kier alpha value is -1.42. The van der Waals surface area contributed by atoms with E-state index in [0.29, 0.717) is 30.5 Å². The van der Waals surface area contributed by atoms with Crippen LogP contribution in [0.1, 0.15) is 37.7 Å². The normalized spacial score (nSPS) is 25.8. The maximum atomic E-state index is 13.7. The van der Waals surface area contributed by atoms with Gasteiger partial charge in [-0.05, 0) is 57.3 Å². The molecule has 1 aromatic rings. The van der Waals surface area contributed by atoms with Gasteiger partial charge in [0.05, 0.1) is 0 Å². The number of aryl methyl sites for hydroxylation is 1. The molecule has 1 aromatic carbocycles. The first-order valence-corrected chi connectivity index (χ1v) is 8.40. The average molecular weight is 304 g/mol. The molecule has 2 aliphatic heterocycles. The van der Waals surface area contributed by atoms with E-state index in [9.17, 15) is 9.18 Å². The summed E-state index contributed by atoms with van der Waals surface area (Å²) in [5.41, 5.74) is 0.643. The number of carbonyl (C=O) groups excluding carboxylic acids is 1. The zero-order chi connectivity index (χ0) is 15.5. The highest BCUT2D eigenvalue weighted by Gasteiger charge is 2.37. The van der Waals surface area contributed by atoms with Crippen molar-refractivity contribution in [2.24, 2.45) is 0 Å². The molecule has 0 N–H and O–H groups in total. The number of hydrogen-bond acceptors (Lipinski definition) is 2. The van der Waals surface area contributed by atoms with Gasteiger partial charge in [-0.2, -0.15) is 0 Å².